The van der Waals surface area contributed by atoms with Crippen LogP contribution in [-0.4, -0.2) is 112 Å². The highest BCUT2D eigenvalue weighted by Gasteiger charge is 2.51. The average molecular weight is 603 g/mol. The van der Waals surface area contributed by atoms with Crippen molar-refractivity contribution in [2.45, 2.75) is 145 Å². The zero-order valence-electron chi connectivity index (χ0n) is 28.2. The third kappa shape index (κ3) is 8.00. The first-order chi connectivity index (χ1) is 20.9. The van der Waals surface area contributed by atoms with Crippen LogP contribution < -0.4 is 10.6 Å². The summed E-state index contributed by atoms with van der Waals surface area (Å²) in [5.41, 5.74) is 1.70. The van der Waals surface area contributed by atoms with E-state index < -0.39 is 0 Å². The van der Waals surface area contributed by atoms with Crippen molar-refractivity contribution >= 4 is 0 Å². The summed E-state index contributed by atoms with van der Waals surface area (Å²) in [6, 6.07) is 2.09. The van der Waals surface area contributed by atoms with Gasteiger partial charge in [0.15, 0.2) is 0 Å². The number of piperidine rings is 2. The normalized spacial score (nSPS) is 43.7. The number of fused-ring (bicyclic) bond motifs is 3. The maximum Gasteiger partial charge on any atom is 0.0707 e. The second-order valence-corrected chi connectivity index (χ2v) is 16.3. The van der Waals surface area contributed by atoms with E-state index in [1.165, 1.54) is 148 Å². The third-order valence-electron chi connectivity index (χ3n) is 13.5. The quantitative estimate of drug-likeness (QED) is 0.380. The lowest BCUT2D eigenvalue weighted by Crippen LogP contribution is -2.54. The molecule has 7 nitrogen and oxygen atoms in total. The molecule has 0 aromatic heterocycles. The minimum atomic E-state index is 0.194. The van der Waals surface area contributed by atoms with E-state index >= 15 is 0 Å². The molecule has 6 bridgehead atoms. The number of nitrogens with one attached hydrogen (secondary N) is 2. The van der Waals surface area contributed by atoms with Crippen molar-refractivity contribution in [1.29, 1.82) is 0 Å². The monoisotopic (exact) mass is 603 g/mol. The Kier molecular flexibility index (Phi) is 10.8. The first-order valence-electron chi connectivity index (χ1n) is 18.5. The lowest BCUT2D eigenvalue weighted by Gasteiger charge is -2.55. The van der Waals surface area contributed by atoms with Gasteiger partial charge in [-0.3, -0.25) is 0 Å². The van der Waals surface area contributed by atoms with Crippen molar-refractivity contribution in [2.24, 2.45) is 10.8 Å². The molecule has 14 aliphatic rings. The van der Waals surface area contributed by atoms with Gasteiger partial charge in [-0.1, -0.05) is 0 Å². The van der Waals surface area contributed by atoms with Crippen LogP contribution in [0.1, 0.15) is 116 Å². The summed E-state index contributed by atoms with van der Waals surface area (Å²) in [5, 5.41) is 7.27. The van der Waals surface area contributed by atoms with E-state index in [2.05, 4.69) is 34.4 Å². The molecule has 14 rings (SSSR count). The van der Waals surface area contributed by atoms with Crippen molar-refractivity contribution in [2.75, 3.05) is 73.2 Å². The highest BCUT2D eigenvalue weighted by molar-refractivity contribution is 5.04. The molecule has 0 radical (unpaired) electrons. The Morgan fingerprint density at radius 3 is 2.05 bits per heavy atom. The van der Waals surface area contributed by atoms with Crippen LogP contribution in [-0.2, 0) is 14.2 Å². The lowest BCUT2D eigenvalue weighted by atomic mass is 9.58. The van der Waals surface area contributed by atoms with Gasteiger partial charge >= 0.3 is 0 Å². The number of hydrogen-bond acceptors (Lipinski definition) is 7. The topological polar surface area (TPSA) is 58.2 Å². The Morgan fingerprint density at radius 1 is 0.791 bits per heavy atom. The molecule has 248 valence electrons. The van der Waals surface area contributed by atoms with Gasteiger partial charge in [-0.2, -0.15) is 0 Å². The number of rotatable bonds is 7. The van der Waals surface area contributed by atoms with Crippen LogP contribution in [0.4, 0.5) is 0 Å². The first-order valence-corrected chi connectivity index (χ1v) is 18.5. The van der Waals surface area contributed by atoms with Gasteiger partial charge in [0.1, 0.15) is 0 Å². The fraction of sp³-hybridized carbons (Fsp3) is 1.00. The number of hydrogen-bond donors (Lipinski definition) is 2. The second-order valence-electron chi connectivity index (χ2n) is 16.3. The van der Waals surface area contributed by atoms with Gasteiger partial charge in [0.2, 0.25) is 0 Å². The minimum absolute atomic E-state index is 0.194. The molecule has 1 unspecified atom stereocenters. The Labute approximate surface area is 263 Å². The van der Waals surface area contributed by atoms with E-state index in [-0.39, 0.29) is 11.2 Å². The molecule has 8 aliphatic heterocycles. The predicted octanol–water partition coefficient (Wildman–Crippen LogP) is 5.37. The molecule has 7 heteroatoms. The molecule has 0 aromatic rings. The zero-order valence-corrected chi connectivity index (χ0v) is 28.2. The summed E-state index contributed by atoms with van der Waals surface area (Å²) < 4.78 is 17.8. The molecule has 8 heterocycles. The smallest absolute Gasteiger partial charge is 0.0707 e. The van der Waals surface area contributed by atoms with E-state index in [9.17, 15) is 0 Å². The number of ether oxygens (including phenoxy) is 3. The third-order valence-corrected chi connectivity index (χ3v) is 13.5. The first kappa shape index (κ1) is 32.7. The fourth-order valence-electron chi connectivity index (χ4n) is 10.2. The second kappa shape index (κ2) is 14.2. The molecule has 2 N–H and O–H groups in total. The van der Waals surface area contributed by atoms with E-state index in [1.54, 1.807) is 7.11 Å². The summed E-state index contributed by atoms with van der Waals surface area (Å²) in [6.07, 6.45) is 22.6. The maximum atomic E-state index is 6.44. The molecule has 0 amide bonds. The molecule has 1 atom stereocenters. The van der Waals surface area contributed by atoms with Crippen LogP contribution in [0.25, 0.3) is 0 Å². The van der Waals surface area contributed by atoms with Gasteiger partial charge in [0, 0.05) is 44.9 Å². The van der Waals surface area contributed by atoms with Crippen LogP contribution >= 0.6 is 0 Å². The van der Waals surface area contributed by atoms with Crippen LogP contribution in [0.3, 0.4) is 0 Å². The van der Waals surface area contributed by atoms with Crippen LogP contribution in [0.5, 0.6) is 0 Å². The lowest BCUT2D eigenvalue weighted by molar-refractivity contribution is -0.148. The summed E-state index contributed by atoms with van der Waals surface area (Å²) >= 11 is 0. The Bertz CT molecular complexity index is 819. The highest BCUT2D eigenvalue weighted by Crippen LogP contribution is 2.55. The van der Waals surface area contributed by atoms with E-state index in [1.807, 2.05) is 0 Å². The highest BCUT2D eigenvalue weighted by atomic mass is 16.5. The van der Waals surface area contributed by atoms with Crippen LogP contribution in [0.2, 0.25) is 0 Å². The summed E-state index contributed by atoms with van der Waals surface area (Å²) in [5.74, 6) is 0. The summed E-state index contributed by atoms with van der Waals surface area (Å²) in [6.45, 7) is 12.7. The van der Waals surface area contributed by atoms with E-state index in [4.69, 9.17) is 14.2 Å². The minimum Gasteiger partial charge on any atom is -0.382 e. The van der Waals surface area contributed by atoms with Crippen molar-refractivity contribution in [3.8, 4) is 0 Å². The average Bonchev–Trinajstić information content (AvgIpc) is 3.05. The van der Waals surface area contributed by atoms with Gasteiger partial charge in [0.25, 0.3) is 0 Å². The Balaban J connectivity index is 0.000000153. The van der Waals surface area contributed by atoms with Crippen LogP contribution in [0.15, 0.2) is 0 Å². The number of likely N-dealkylation sites (tertiary alicyclic amines) is 1. The van der Waals surface area contributed by atoms with E-state index in [0.29, 0.717) is 16.9 Å². The predicted molar refractivity (Wildman–Crippen MR) is 175 cm³/mol. The van der Waals surface area contributed by atoms with Crippen molar-refractivity contribution < 1.29 is 14.2 Å². The molecule has 6 saturated carbocycles. The van der Waals surface area contributed by atoms with Gasteiger partial charge in [-0.15, -0.1) is 0 Å². The van der Waals surface area contributed by atoms with Crippen molar-refractivity contribution in [1.82, 2.24) is 20.4 Å². The molecular formula is C36H66N4O3. The largest absolute Gasteiger partial charge is 0.382 e. The van der Waals surface area contributed by atoms with Gasteiger partial charge < -0.3 is 34.6 Å². The molecule has 14 fully saturated rings. The molecule has 8 saturated heterocycles. The standard InChI is InChI=1S/C18H34N2O2.C18H32N2O/c1-19-16-3-11-20(12-4-16)15-17-5-8-18(9-6-17,10-7-17)22-14-13-21-2;1-15-4-13-21-18-8-5-17(6-9-18,7-10-18)14-20-11-2-16(19-15)3-12-20/h16,19H,3-15H2,1-2H3;15-16,19H,2-14H2,1H3. The number of nitrogens with zero attached hydrogens (tertiary/aromatic N) is 2. The van der Waals surface area contributed by atoms with Crippen LogP contribution in [0, 0.1) is 10.8 Å². The maximum absolute atomic E-state index is 6.44. The molecular weight excluding hydrogens is 536 g/mol. The Morgan fingerprint density at radius 2 is 1.44 bits per heavy atom. The SMILES string of the molecule is CC1CCOC23CCC(CC2)(CC3)CN2CCC(CC2)N1.CNC1CCN(CC23CCC(OCCOC)(CC2)CC3)CC1. The van der Waals surface area contributed by atoms with Gasteiger partial charge in [-0.25, -0.2) is 0 Å². The molecule has 0 aromatic carbocycles. The van der Waals surface area contributed by atoms with E-state index in [0.717, 1.165) is 31.9 Å². The zero-order chi connectivity index (χ0) is 29.8. The summed E-state index contributed by atoms with van der Waals surface area (Å²) in [7, 11) is 3.86. The molecule has 6 aliphatic carbocycles. The molecule has 43 heavy (non-hydrogen) atoms. The summed E-state index contributed by atoms with van der Waals surface area (Å²) in [4.78, 5) is 5.51. The Hall–Kier alpha value is -0.280. The van der Waals surface area contributed by atoms with Crippen molar-refractivity contribution in [3.63, 3.8) is 0 Å². The van der Waals surface area contributed by atoms with Crippen molar-refractivity contribution in [3.05, 3.63) is 0 Å². The number of methoxy groups -OCH3 is 1. The fourth-order valence-corrected chi connectivity index (χ4v) is 10.2. The molecule has 0 spiro atoms. The van der Waals surface area contributed by atoms with Gasteiger partial charge in [0.05, 0.1) is 24.4 Å². The van der Waals surface area contributed by atoms with Gasteiger partial charge in [-0.05, 0) is 160 Å².